The second-order valence-electron chi connectivity index (χ2n) is 5.91. The van der Waals surface area contributed by atoms with Crippen LogP contribution in [0.2, 0.25) is 0 Å². The molecule has 2 nitrogen and oxygen atoms in total. The van der Waals surface area contributed by atoms with Crippen LogP contribution in [0.1, 0.15) is 42.5 Å². The molecule has 1 aliphatic heterocycles. The van der Waals surface area contributed by atoms with Crippen LogP contribution in [-0.2, 0) is 0 Å². The minimum atomic E-state index is -0.201. The van der Waals surface area contributed by atoms with E-state index in [0.29, 0.717) is 0 Å². The van der Waals surface area contributed by atoms with Crippen molar-refractivity contribution in [3.05, 3.63) is 71.5 Å². The second kappa shape index (κ2) is 7.03. The van der Waals surface area contributed by atoms with Crippen LogP contribution in [0.5, 0.6) is 0 Å². The van der Waals surface area contributed by atoms with E-state index in [1.807, 2.05) is 30.3 Å². The summed E-state index contributed by atoms with van der Waals surface area (Å²) in [4.78, 5) is 2.37. The molecule has 1 heterocycles. The molecule has 1 aliphatic rings. The van der Waals surface area contributed by atoms with E-state index >= 15 is 0 Å². The maximum atomic E-state index is 13.2. The maximum absolute atomic E-state index is 13.2. The van der Waals surface area contributed by atoms with Crippen LogP contribution in [0.15, 0.2) is 54.6 Å². The molecule has 0 saturated carbocycles. The molecule has 116 valence electrons. The monoisotopic (exact) mass is 299 g/mol. The Kier molecular flexibility index (Phi) is 4.86. The molecule has 0 radical (unpaired) electrons. The minimum Gasteiger partial charge on any atom is -0.394 e. The van der Waals surface area contributed by atoms with Crippen LogP contribution >= 0.6 is 0 Å². The van der Waals surface area contributed by atoms with Crippen LogP contribution in [-0.4, -0.2) is 23.2 Å². The predicted octanol–water partition coefficient (Wildman–Crippen LogP) is 4.09. The number of benzene rings is 2. The molecule has 1 N–H and O–H groups in total. The highest BCUT2D eigenvalue weighted by molar-refractivity contribution is 5.24. The van der Waals surface area contributed by atoms with Gasteiger partial charge in [-0.1, -0.05) is 48.9 Å². The van der Waals surface area contributed by atoms with Crippen molar-refractivity contribution in [1.82, 2.24) is 4.90 Å². The molecule has 2 atom stereocenters. The zero-order chi connectivity index (χ0) is 15.4. The van der Waals surface area contributed by atoms with Crippen molar-refractivity contribution in [2.45, 2.75) is 31.3 Å². The van der Waals surface area contributed by atoms with Crippen molar-refractivity contribution in [1.29, 1.82) is 0 Å². The Balaban J connectivity index is 1.89. The molecule has 0 amide bonds. The van der Waals surface area contributed by atoms with Gasteiger partial charge in [0.2, 0.25) is 0 Å². The highest BCUT2D eigenvalue weighted by Gasteiger charge is 2.30. The number of aliphatic hydroxyl groups is 1. The van der Waals surface area contributed by atoms with Gasteiger partial charge in [-0.15, -0.1) is 0 Å². The molecule has 1 fully saturated rings. The van der Waals surface area contributed by atoms with Crippen molar-refractivity contribution in [3.8, 4) is 0 Å². The molecule has 3 heteroatoms. The van der Waals surface area contributed by atoms with E-state index in [-0.39, 0.29) is 24.5 Å². The lowest BCUT2D eigenvalue weighted by Crippen LogP contribution is -2.38. The lowest BCUT2D eigenvalue weighted by molar-refractivity contribution is 0.0558. The fraction of sp³-hybridized carbons (Fsp3) is 0.368. The molecule has 3 rings (SSSR count). The minimum absolute atomic E-state index is 0.00319. The number of nitrogens with zero attached hydrogens (tertiary/aromatic N) is 1. The number of piperidine rings is 1. The Labute approximate surface area is 131 Å². The molecular weight excluding hydrogens is 277 g/mol. The largest absolute Gasteiger partial charge is 0.394 e. The van der Waals surface area contributed by atoms with Crippen molar-refractivity contribution < 1.29 is 9.50 Å². The lowest BCUT2D eigenvalue weighted by atomic mass is 9.92. The van der Waals surface area contributed by atoms with Gasteiger partial charge >= 0.3 is 0 Å². The zero-order valence-electron chi connectivity index (χ0n) is 12.7. The lowest BCUT2D eigenvalue weighted by Gasteiger charge is -2.41. The van der Waals surface area contributed by atoms with Crippen LogP contribution in [0.3, 0.4) is 0 Å². The van der Waals surface area contributed by atoms with E-state index in [1.54, 1.807) is 0 Å². The van der Waals surface area contributed by atoms with Crippen molar-refractivity contribution in [3.63, 3.8) is 0 Å². The summed E-state index contributed by atoms with van der Waals surface area (Å²) in [5.74, 6) is -0.201. The number of hydrogen-bond donors (Lipinski definition) is 1. The smallest absolute Gasteiger partial charge is 0.123 e. The summed E-state index contributed by atoms with van der Waals surface area (Å²) in [5, 5.41) is 9.94. The van der Waals surface area contributed by atoms with Gasteiger partial charge < -0.3 is 5.11 Å². The Morgan fingerprint density at radius 2 is 1.77 bits per heavy atom. The van der Waals surface area contributed by atoms with Gasteiger partial charge in [0, 0.05) is 6.04 Å². The normalized spacial score (nSPS) is 20.7. The van der Waals surface area contributed by atoms with Gasteiger partial charge in [0.25, 0.3) is 0 Å². The van der Waals surface area contributed by atoms with Crippen molar-refractivity contribution >= 4 is 0 Å². The van der Waals surface area contributed by atoms with Gasteiger partial charge in [-0.25, -0.2) is 4.39 Å². The molecule has 1 saturated heterocycles. The summed E-state index contributed by atoms with van der Waals surface area (Å²) < 4.78 is 13.2. The number of aliphatic hydroxyl groups excluding tert-OH is 1. The predicted molar refractivity (Wildman–Crippen MR) is 86.0 cm³/mol. The van der Waals surface area contributed by atoms with E-state index in [4.69, 9.17) is 0 Å². The molecule has 0 aromatic heterocycles. The first kappa shape index (κ1) is 15.2. The number of halogens is 1. The van der Waals surface area contributed by atoms with Crippen molar-refractivity contribution in [2.75, 3.05) is 13.2 Å². The SMILES string of the molecule is OC[C@H](c1ccccc1)N1CCCC[C@@H]1c1ccc(F)cc1. The van der Waals surface area contributed by atoms with Gasteiger partial charge in [0.15, 0.2) is 0 Å². The average Bonchev–Trinajstić information content (AvgIpc) is 2.58. The summed E-state index contributed by atoms with van der Waals surface area (Å²) in [6.07, 6.45) is 3.36. The maximum Gasteiger partial charge on any atom is 0.123 e. The highest BCUT2D eigenvalue weighted by atomic mass is 19.1. The fourth-order valence-electron chi connectivity index (χ4n) is 3.45. The Hall–Kier alpha value is -1.71. The fourth-order valence-corrected chi connectivity index (χ4v) is 3.45. The molecule has 2 aromatic carbocycles. The van der Waals surface area contributed by atoms with Gasteiger partial charge in [-0.3, -0.25) is 4.90 Å². The molecule has 0 aliphatic carbocycles. The third kappa shape index (κ3) is 3.21. The van der Waals surface area contributed by atoms with E-state index in [9.17, 15) is 9.50 Å². The molecule has 22 heavy (non-hydrogen) atoms. The standard InChI is InChI=1S/C19H22FNO/c20-17-11-9-16(10-12-17)18-8-4-5-13-21(18)19(14-22)15-6-2-1-3-7-15/h1-3,6-7,9-12,18-19,22H,4-5,8,13-14H2/t18-,19-/m1/s1. The van der Waals surface area contributed by atoms with Gasteiger partial charge in [-0.2, -0.15) is 0 Å². The highest BCUT2D eigenvalue weighted by Crippen LogP contribution is 2.37. The van der Waals surface area contributed by atoms with E-state index in [0.717, 1.165) is 30.5 Å². The first-order chi connectivity index (χ1) is 10.8. The first-order valence-corrected chi connectivity index (χ1v) is 7.96. The molecule has 0 spiro atoms. The number of rotatable bonds is 4. The van der Waals surface area contributed by atoms with E-state index in [2.05, 4.69) is 17.0 Å². The summed E-state index contributed by atoms with van der Waals surface area (Å²) in [5.41, 5.74) is 2.27. The van der Waals surface area contributed by atoms with E-state index in [1.165, 1.54) is 18.6 Å². The molecule has 2 aromatic rings. The van der Waals surface area contributed by atoms with Crippen LogP contribution in [0.4, 0.5) is 4.39 Å². The van der Waals surface area contributed by atoms with Crippen LogP contribution in [0.25, 0.3) is 0 Å². The molecule has 0 unspecified atom stereocenters. The summed E-state index contributed by atoms with van der Waals surface area (Å²) >= 11 is 0. The Morgan fingerprint density at radius 1 is 1.05 bits per heavy atom. The van der Waals surface area contributed by atoms with Gasteiger partial charge in [-0.05, 0) is 42.6 Å². The molecule has 0 bridgehead atoms. The van der Waals surface area contributed by atoms with E-state index < -0.39 is 0 Å². The Morgan fingerprint density at radius 3 is 2.45 bits per heavy atom. The zero-order valence-corrected chi connectivity index (χ0v) is 12.7. The van der Waals surface area contributed by atoms with Crippen molar-refractivity contribution in [2.24, 2.45) is 0 Å². The van der Waals surface area contributed by atoms with Crippen LogP contribution < -0.4 is 0 Å². The van der Waals surface area contributed by atoms with Gasteiger partial charge in [0.1, 0.15) is 5.82 Å². The molecular formula is C19H22FNO. The number of hydrogen-bond acceptors (Lipinski definition) is 2. The topological polar surface area (TPSA) is 23.5 Å². The summed E-state index contributed by atoms with van der Waals surface area (Å²) in [6, 6.07) is 17.2. The second-order valence-corrected chi connectivity index (χ2v) is 5.91. The Bertz CT molecular complexity index is 584. The third-order valence-electron chi connectivity index (χ3n) is 4.56. The first-order valence-electron chi connectivity index (χ1n) is 7.96. The van der Waals surface area contributed by atoms with Crippen LogP contribution in [0, 0.1) is 5.82 Å². The number of likely N-dealkylation sites (tertiary alicyclic amines) is 1. The average molecular weight is 299 g/mol. The quantitative estimate of drug-likeness (QED) is 0.919. The summed E-state index contributed by atoms with van der Waals surface area (Å²) in [7, 11) is 0. The van der Waals surface area contributed by atoms with Gasteiger partial charge in [0.05, 0.1) is 12.6 Å². The summed E-state index contributed by atoms with van der Waals surface area (Å²) in [6.45, 7) is 1.06. The third-order valence-corrected chi connectivity index (χ3v) is 4.56.